The summed E-state index contributed by atoms with van der Waals surface area (Å²) in [4.78, 5) is 4.38. The van der Waals surface area contributed by atoms with Crippen molar-refractivity contribution in [3.63, 3.8) is 0 Å². The third kappa shape index (κ3) is 5.27. The molecular weight excluding hydrogens is 418 g/mol. The zero-order valence-corrected chi connectivity index (χ0v) is 17.6. The fraction of sp³-hybridized carbons (Fsp3) is 0.550. The van der Waals surface area contributed by atoms with Gasteiger partial charge in [0.2, 0.25) is 0 Å². The van der Waals surface area contributed by atoms with E-state index < -0.39 is 37.1 Å². The maximum absolute atomic E-state index is 10.4. The minimum absolute atomic E-state index is 0.470. The smallest absolute Gasteiger partial charge is 0.194 e. The molecule has 1 aromatic heterocycles. The summed E-state index contributed by atoms with van der Waals surface area (Å²) in [7, 11) is 0. The SMILES string of the molecule is CCCCOc1cnc(Cc2cc([C@@H]3O[C@H](CO)[C@@H](O)[C@H](O)[C@H]3O)ccc2Cl)s1. The lowest BCUT2D eigenvalue weighted by molar-refractivity contribution is -0.231. The number of aromatic nitrogens is 1. The highest BCUT2D eigenvalue weighted by atomic mass is 35.5. The number of ether oxygens (including phenoxy) is 2. The van der Waals surface area contributed by atoms with E-state index in [1.165, 1.54) is 11.3 Å². The number of nitrogens with zero attached hydrogens (tertiary/aromatic N) is 1. The monoisotopic (exact) mass is 443 g/mol. The molecule has 160 valence electrons. The standard InChI is InChI=1S/C20H26ClNO6S/c1-2-3-6-27-16-9-22-15(29-16)8-12-7-11(4-5-13(12)21)20-19(26)18(25)17(24)14(10-23)28-20/h4-5,7,9,14,17-20,23-26H,2-3,6,8,10H2,1H3/t14-,17-,18+,19-,20+/m1/s1. The second kappa shape index (κ2) is 10.2. The second-order valence-corrected chi connectivity index (χ2v) is 8.54. The lowest BCUT2D eigenvalue weighted by Crippen LogP contribution is -2.55. The van der Waals surface area contributed by atoms with Gasteiger partial charge in [0.05, 0.1) is 19.4 Å². The molecule has 0 amide bonds. The second-order valence-electron chi connectivity index (χ2n) is 7.05. The Morgan fingerprint density at radius 1 is 1.21 bits per heavy atom. The molecule has 0 bridgehead atoms. The van der Waals surface area contributed by atoms with E-state index >= 15 is 0 Å². The van der Waals surface area contributed by atoms with Crippen LogP contribution in [0, 0.1) is 0 Å². The maximum atomic E-state index is 10.4. The molecule has 2 heterocycles. The number of unbranched alkanes of at least 4 members (excludes halogenated alkanes) is 1. The van der Waals surface area contributed by atoms with Crippen molar-refractivity contribution < 1.29 is 29.9 Å². The quantitative estimate of drug-likeness (QED) is 0.462. The van der Waals surface area contributed by atoms with Gasteiger partial charge in [-0.2, -0.15) is 0 Å². The molecule has 0 saturated carbocycles. The van der Waals surface area contributed by atoms with E-state index in [1.54, 1.807) is 24.4 Å². The summed E-state index contributed by atoms with van der Waals surface area (Å²) in [6, 6.07) is 5.17. The van der Waals surface area contributed by atoms with Crippen LogP contribution in [-0.4, -0.2) is 63.0 Å². The van der Waals surface area contributed by atoms with Crippen LogP contribution >= 0.6 is 22.9 Å². The van der Waals surface area contributed by atoms with Gasteiger partial charge < -0.3 is 29.9 Å². The molecule has 0 aliphatic carbocycles. The number of thiazole rings is 1. The van der Waals surface area contributed by atoms with Gasteiger partial charge in [0.1, 0.15) is 35.5 Å². The van der Waals surface area contributed by atoms with Crippen LogP contribution in [0.5, 0.6) is 5.06 Å². The molecule has 29 heavy (non-hydrogen) atoms. The van der Waals surface area contributed by atoms with Gasteiger partial charge >= 0.3 is 0 Å². The Morgan fingerprint density at radius 3 is 2.72 bits per heavy atom. The summed E-state index contributed by atoms with van der Waals surface area (Å²) < 4.78 is 11.3. The van der Waals surface area contributed by atoms with Crippen molar-refractivity contribution in [2.75, 3.05) is 13.2 Å². The Labute approximate surface area is 178 Å². The average Bonchev–Trinajstić information content (AvgIpc) is 3.16. The summed E-state index contributed by atoms with van der Waals surface area (Å²) in [6.07, 6.45) is -1.78. The Kier molecular flexibility index (Phi) is 7.86. The van der Waals surface area contributed by atoms with Crippen molar-refractivity contribution in [3.8, 4) is 5.06 Å². The molecule has 0 unspecified atom stereocenters. The van der Waals surface area contributed by atoms with Crippen LogP contribution in [0.2, 0.25) is 5.02 Å². The number of hydrogen-bond acceptors (Lipinski definition) is 8. The largest absolute Gasteiger partial charge is 0.483 e. The molecule has 3 rings (SSSR count). The fourth-order valence-corrected chi connectivity index (χ4v) is 4.20. The first-order chi connectivity index (χ1) is 13.9. The molecule has 1 aliphatic rings. The maximum Gasteiger partial charge on any atom is 0.194 e. The molecule has 9 heteroatoms. The average molecular weight is 444 g/mol. The molecule has 4 N–H and O–H groups in total. The molecule has 0 spiro atoms. The summed E-state index contributed by atoms with van der Waals surface area (Å²) in [6.45, 7) is 2.29. The van der Waals surface area contributed by atoms with Gasteiger partial charge in [-0.15, -0.1) is 0 Å². The van der Waals surface area contributed by atoms with E-state index in [0.29, 0.717) is 23.6 Å². The van der Waals surface area contributed by atoms with E-state index in [-0.39, 0.29) is 0 Å². The first kappa shape index (κ1) is 22.4. The topological polar surface area (TPSA) is 112 Å². The fourth-order valence-electron chi connectivity index (χ4n) is 3.21. The lowest BCUT2D eigenvalue weighted by atomic mass is 9.90. The Balaban J connectivity index is 1.76. The zero-order valence-electron chi connectivity index (χ0n) is 16.1. The lowest BCUT2D eigenvalue weighted by Gasteiger charge is -2.40. The van der Waals surface area contributed by atoms with E-state index in [1.807, 2.05) is 0 Å². The van der Waals surface area contributed by atoms with Gasteiger partial charge in [-0.25, -0.2) is 4.98 Å². The third-order valence-electron chi connectivity index (χ3n) is 4.91. The predicted molar refractivity (Wildman–Crippen MR) is 109 cm³/mol. The normalized spacial score (nSPS) is 27.2. The van der Waals surface area contributed by atoms with Crippen molar-refractivity contribution in [1.82, 2.24) is 4.98 Å². The molecule has 7 nitrogen and oxygen atoms in total. The van der Waals surface area contributed by atoms with Crippen LogP contribution in [0.25, 0.3) is 0 Å². The summed E-state index contributed by atoms with van der Waals surface area (Å²) in [5, 5.41) is 41.9. The number of aliphatic hydroxyl groups excluding tert-OH is 4. The van der Waals surface area contributed by atoms with Gasteiger partial charge in [-0.05, 0) is 23.6 Å². The molecule has 1 aliphatic heterocycles. The van der Waals surface area contributed by atoms with Crippen molar-refractivity contribution in [3.05, 3.63) is 45.6 Å². The van der Waals surface area contributed by atoms with Crippen LogP contribution in [0.1, 0.15) is 42.0 Å². The summed E-state index contributed by atoms with van der Waals surface area (Å²) >= 11 is 7.81. The van der Waals surface area contributed by atoms with Gasteiger partial charge in [-0.1, -0.05) is 48.4 Å². The number of benzene rings is 1. The molecule has 2 aromatic rings. The van der Waals surface area contributed by atoms with E-state index in [4.69, 9.17) is 21.1 Å². The molecular formula is C20H26ClNO6S. The highest BCUT2D eigenvalue weighted by molar-refractivity contribution is 7.13. The van der Waals surface area contributed by atoms with Crippen LogP contribution < -0.4 is 4.74 Å². The van der Waals surface area contributed by atoms with Crippen molar-refractivity contribution >= 4 is 22.9 Å². The molecule has 5 atom stereocenters. The van der Waals surface area contributed by atoms with Gasteiger partial charge in [0, 0.05) is 11.4 Å². The molecule has 1 aromatic carbocycles. The minimum Gasteiger partial charge on any atom is -0.483 e. The third-order valence-corrected chi connectivity index (χ3v) is 6.19. The molecule has 1 fully saturated rings. The van der Waals surface area contributed by atoms with Crippen molar-refractivity contribution in [2.45, 2.75) is 56.7 Å². The van der Waals surface area contributed by atoms with Crippen LogP contribution in [-0.2, 0) is 11.2 Å². The Bertz CT molecular complexity index is 801. The van der Waals surface area contributed by atoms with Gasteiger partial charge in [0.15, 0.2) is 5.06 Å². The number of hydrogen-bond donors (Lipinski definition) is 4. The first-order valence-corrected chi connectivity index (χ1v) is 10.8. The van der Waals surface area contributed by atoms with Crippen LogP contribution in [0.3, 0.4) is 0 Å². The van der Waals surface area contributed by atoms with Crippen molar-refractivity contribution in [1.29, 1.82) is 0 Å². The van der Waals surface area contributed by atoms with Crippen LogP contribution in [0.4, 0.5) is 0 Å². The number of rotatable bonds is 8. The predicted octanol–water partition coefficient (Wildman–Crippen LogP) is 2.08. The van der Waals surface area contributed by atoms with Gasteiger partial charge in [-0.3, -0.25) is 0 Å². The van der Waals surface area contributed by atoms with Crippen molar-refractivity contribution in [2.24, 2.45) is 0 Å². The Hall–Kier alpha value is -1.26. The van der Waals surface area contributed by atoms with Crippen LogP contribution in [0.15, 0.2) is 24.4 Å². The zero-order chi connectivity index (χ0) is 21.0. The number of aliphatic hydroxyl groups is 4. The van der Waals surface area contributed by atoms with E-state index in [9.17, 15) is 20.4 Å². The molecule has 0 radical (unpaired) electrons. The highest BCUT2D eigenvalue weighted by Gasteiger charge is 2.44. The minimum atomic E-state index is -1.42. The Morgan fingerprint density at radius 2 is 2.00 bits per heavy atom. The van der Waals surface area contributed by atoms with Gasteiger partial charge in [0.25, 0.3) is 0 Å². The summed E-state index contributed by atoms with van der Waals surface area (Å²) in [5.41, 5.74) is 1.38. The molecule has 1 saturated heterocycles. The van der Waals surface area contributed by atoms with E-state index in [0.717, 1.165) is 28.5 Å². The summed E-state index contributed by atoms with van der Waals surface area (Å²) in [5.74, 6) is 0. The first-order valence-electron chi connectivity index (χ1n) is 9.61. The number of halogens is 1. The van der Waals surface area contributed by atoms with E-state index in [2.05, 4.69) is 11.9 Å². The highest BCUT2D eigenvalue weighted by Crippen LogP contribution is 2.35.